The number of halogens is 2. The Kier molecular flexibility index (Phi) is 6.85. The van der Waals surface area contributed by atoms with E-state index >= 15 is 0 Å². The minimum atomic E-state index is -0.583. The van der Waals surface area contributed by atoms with Crippen LogP contribution < -0.4 is 5.32 Å². The third kappa shape index (κ3) is 5.48. The van der Waals surface area contributed by atoms with Crippen LogP contribution in [0.1, 0.15) is 18.1 Å². The molecule has 0 radical (unpaired) electrons. The first kappa shape index (κ1) is 19.3. The number of likely N-dealkylation sites (N-methyl/N-ethyl adjacent to an activating group) is 1. The molecule has 0 saturated heterocycles. The van der Waals surface area contributed by atoms with Crippen LogP contribution in [0.4, 0.5) is 0 Å². The zero-order valence-electron chi connectivity index (χ0n) is 14.1. The quantitative estimate of drug-likeness (QED) is 0.832. The van der Waals surface area contributed by atoms with Crippen LogP contribution in [0.25, 0.3) is 0 Å². The third-order valence-corrected chi connectivity index (χ3v) is 4.45. The Morgan fingerprint density at radius 3 is 1.92 bits per heavy atom. The van der Waals surface area contributed by atoms with Crippen molar-refractivity contribution in [2.45, 2.75) is 25.9 Å². The molecule has 0 aliphatic carbocycles. The first-order valence-electron chi connectivity index (χ1n) is 7.90. The van der Waals surface area contributed by atoms with Crippen molar-refractivity contribution >= 4 is 35.0 Å². The van der Waals surface area contributed by atoms with E-state index in [0.29, 0.717) is 16.6 Å². The zero-order valence-corrected chi connectivity index (χ0v) is 15.6. The van der Waals surface area contributed by atoms with Crippen LogP contribution in [0.2, 0.25) is 10.0 Å². The Labute approximate surface area is 157 Å². The van der Waals surface area contributed by atoms with E-state index in [1.807, 2.05) is 24.3 Å². The predicted molar refractivity (Wildman–Crippen MR) is 101 cm³/mol. The molecule has 2 rings (SSSR count). The van der Waals surface area contributed by atoms with Gasteiger partial charge >= 0.3 is 0 Å². The van der Waals surface area contributed by atoms with Gasteiger partial charge in [-0.25, -0.2) is 0 Å². The highest BCUT2D eigenvalue weighted by molar-refractivity contribution is 6.30. The lowest BCUT2D eigenvalue weighted by Crippen LogP contribution is -2.47. The smallest absolute Gasteiger partial charge is 0.242 e. The summed E-state index contributed by atoms with van der Waals surface area (Å²) in [6, 6.07) is 13.8. The maximum absolute atomic E-state index is 12.8. The summed E-state index contributed by atoms with van der Waals surface area (Å²) in [6.45, 7) is 2.05. The summed E-state index contributed by atoms with van der Waals surface area (Å²) in [5, 5.41) is 3.84. The van der Waals surface area contributed by atoms with E-state index in [2.05, 4.69) is 5.32 Å². The minimum Gasteiger partial charge on any atom is -0.357 e. The summed E-state index contributed by atoms with van der Waals surface area (Å²) >= 11 is 11.8. The standard InChI is InChI=1S/C19H20Cl2N2O2/c1-13(19(25)22-2)23(12-15-5-9-17(21)10-6-15)18(24)11-14-3-7-16(20)8-4-14/h3-10,13H,11-12H2,1-2H3,(H,22,25)/t13-/m0/s1. The van der Waals surface area contributed by atoms with Gasteiger partial charge in [-0.2, -0.15) is 0 Å². The molecule has 0 aliphatic heterocycles. The second kappa shape index (κ2) is 8.88. The molecule has 132 valence electrons. The van der Waals surface area contributed by atoms with Gasteiger partial charge < -0.3 is 10.2 Å². The van der Waals surface area contributed by atoms with Crippen LogP contribution in [0.3, 0.4) is 0 Å². The Morgan fingerprint density at radius 2 is 1.44 bits per heavy atom. The van der Waals surface area contributed by atoms with Crippen LogP contribution in [0.15, 0.2) is 48.5 Å². The zero-order chi connectivity index (χ0) is 18.4. The van der Waals surface area contributed by atoms with E-state index < -0.39 is 6.04 Å². The summed E-state index contributed by atoms with van der Waals surface area (Å²) in [4.78, 5) is 26.4. The van der Waals surface area contributed by atoms with Crippen molar-refractivity contribution < 1.29 is 9.59 Å². The van der Waals surface area contributed by atoms with E-state index in [1.54, 1.807) is 43.1 Å². The molecule has 0 spiro atoms. The SMILES string of the molecule is CNC(=O)[C@H](C)N(Cc1ccc(Cl)cc1)C(=O)Cc1ccc(Cl)cc1. The van der Waals surface area contributed by atoms with Gasteiger partial charge in [0.25, 0.3) is 0 Å². The molecule has 0 aromatic heterocycles. The number of carbonyl (C=O) groups is 2. The highest BCUT2D eigenvalue weighted by Crippen LogP contribution is 2.16. The molecule has 2 aromatic carbocycles. The predicted octanol–water partition coefficient (Wildman–Crippen LogP) is 3.70. The molecule has 0 heterocycles. The first-order chi connectivity index (χ1) is 11.9. The molecule has 4 nitrogen and oxygen atoms in total. The second-order valence-electron chi connectivity index (χ2n) is 5.74. The van der Waals surface area contributed by atoms with Crippen molar-refractivity contribution in [3.05, 3.63) is 69.7 Å². The fourth-order valence-corrected chi connectivity index (χ4v) is 2.71. The van der Waals surface area contributed by atoms with Gasteiger partial charge in [0, 0.05) is 23.6 Å². The minimum absolute atomic E-state index is 0.131. The molecule has 0 bridgehead atoms. The normalized spacial score (nSPS) is 11.7. The highest BCUT2D eigenvalue weighted by atomic mass is 35.5. The Morgan fingerprint density at radius 1 is 0.960 bits per heavy atom. The Hall–Kier alpha value is -2.04. The molecular weight excluding hydrogens is 359 g/mol. The maximum Gasteiger partial charge on any atom is 0.242 e. The van der Waals surface area contributed by atoms with Crippen molar-refractivity contribution in [2.24, 2.45) is 0 Å². The van der Waals surface area contributed by atoms with Crippen molar-refractivity contribution in [2.75, 3.05) is 7.05 Å². The van der Waals surface area contributed by atoms with Gasteiger partial charge in [0.2, 0.25) is 11.8 Å². The van der Waals surface area contributed by atoms with Gasteiger partial charge in [0.1, 0.15) is 6.04 Å². The van der Waals surface area contributed by atoms with Crippen LogP contribution in [-0.4, -0.2) is 29.8 Å². The van der Waals surface area contributed by atoms with Gasteiger partial charge in [-0.15, -0.1) is 0 Å². The lowest BCUT2D eigenvalue weighted by atomic mass is 10.1. The molecule has 6 heteroatoms. The van der Waals surface area contributed by atoms with E-state index in [0.717, 1.165) is 11.1 Å². The highest BCUT2D eigenvalue weighted by Gasteiger charge is 2.25. The molecule has 0 fully saturated rings. The molecule has 2 aromatic rings. The summed E-state index contributed by atoms with van der Waals surface area (Å²) in [5.41, 5.74) is 1.75. The van der Waals surface area contributed by atoms with Gasteiger partial charge in [-0.3, -0.25) is 9.59 Å². The molecule has 1 N–H and O–H groups in total. The number of hydrogen-bond acceptors (Lipinski definition) is 2. The number of nitrogens with zero attached hydrogens (tertiary/aromatic N) is 1. The van der Waals surface area contributed by atoms with Crippen molar-refractivity contribution in [3.8, 4) is 0 Å². The van der Waals surface area contributed by atoms with Crippen LogP contribution in [0, 0.1) is 0 Å². The number of amides is 2. The number of carbonyl (C=O) groups excluding carboxylic acids is 2. The average molecular weight is 379 g/mol. The molecule has 0 saturated carbocycles. The molecule has 1 atom stereocenters. The largest absolute Gasteiger partial charge is 0.357 e. The van der Waals surface area contributed by atoms with E-state index in [4.69, 9.17) is 23.2 Å². The van der Waals surface area contributed by atoms with Crippen molar-refractivity contribution in [1.29, 1.82) is 0 Å². The molecule has 2 amide bonds. The summed E-state index contributed by atoms with van der Waals surface area (Å²) < 4.78 is 0. The Bertz CT molecular complexity index is 730. The number of hydrogen-bond donors (Lipinski definition) is 1. The van der Waals surface area contributed by atoms with Gasteiger partial charge in [0.05, 0.1) is 6.42 Å². The molecule has 0 unspecified atom stereocenters. The van der Waals surface area contributed by atoms with Gasteiger partial charge in [-0.1, -0.05) is 47.5 Å². The van der Waals surface area contributed by atoms with Gasteiger partial charge in [-0.05, 0) is 42.3 Å². The van der Waals surface area contributed by atoms with Gasteiger partial charge in [0.15, 0.2) is 0 Å². The van der Waals surface area contributed by atoms with E-state index in [1.165, 1.54) is 0 Å². The number of nitrogens with one attached hydrogen (secondary N) is 1. The van der Waals surface area contributed by atoms with Crippen LogP contribution in [-0.2, 0) is 22.6 Å². The molecule has 0 aliphatic rings. The second-order valence-corrected chi connectivity index (χ2v) is 6.61. The third-order valence-electron chi connectivity index (χ3n) is 3.95. The van der Waals surface area contributed by atoms with Crippen LogP contribution >= 0.6 is 23.2 Å². The number of benzene rings is 2. The Balaban J connectivity index is 2.20. The summed E-state index contributed by atoms with van der Waals surface area (Å²) in [6.07, 6.45) is 0.200. The lowest BCUT2D eigenvalue weighted by molar-refractivity contribution is -0.139. The monoisotopic (exact) mass is 378 g/mol. The van der Waals surface area contributed by atoms with Crippen LogP contribution in [0.5, 0.6) is 0 Å². The fourth-order valence-electron chi connectivity index (χ4n) is 2.46. The summed E-state index contributed by atoms with van der Waals surface area (Å²) in [7, 11) is 1.56. The molecule has 25 heavy (non-hydrogen) atoms. The average Bonchev–Trinajstić information content (AvgIpc) is 2.61. The molecular formula is C19H20Cl2N2O2. The lowest BCUT2D eigenvalue weighted by Gasteiger charge is -2.28. The maximum atomic E-state index is 12.8. The number of rotatable bonds is 6. The summed E-state index contributed by atoms with van der Waals surface area (Å²) in [5.74, 6) is -0.341. The topological polar surface area (TPSA) is 49.4 Å². The van der Waals surface area contributed by atoms with Crippen molar-refractivity contribution in [3.63, 3.8) is 0 Å². The van der Waals surface area contributed by atoms with E-state index in [-0.39, 0.29) is 18.2 Å². The van der Waals surface area contributed by atoms with Crippen molar-refractivity contribution in [1.82, 2.24) is 10.2 Å². The first-order valence-corrected chi connectivity index (χ1v) is 8.66. The fraction of sp³-hybridized carbons (Fsp3) is 0.263. The van der Waals surface area contributed by atoms with E-state index in [9.17, 15) is 9.59 Å².